The van der Waals surface area contributed by atoms with Crippen molar-refractivity contribution in [1.29, 1.82) is 0 Å². The maximum atomic E-state index is 6.11. The highest BCUT2D eigenvalue weighted by Crippen LogP contribution is 2.34. The van der Waals surface area contributed by atoms with E-state index < -0.39 is 0 Å². The minimum Gasteiger partial charge on any atom is -0.486 e. The Kier molecular flexibility index (Phi) is 6.01. The Morgan fingerprint density at radius 3 is 2.64 bits per heavy atom. The zero-order chi connectivity index (χ0) is 19.3. The van der Waals surface area contributed by atoms with E-state index in [1.54, 1.807) is 7.11 Å². The summed E-state index contributed by atoms with van der Waals surface area (Å²) in [5.74, 6) is 2.30. The van der Waals surface area contributed by atoms with E-state index in [9.17, 15) is 0 Å². The molecule has 5 nitrogen and oxygen atoms in total. The molecule has 1 aromatic carbocycles. The zero-order valence-electron chi connectivity index (χ0n) is 16.8. The van der Waals surface area contributed by atoms with E-state index >= 15 is 0 Å². The van der Waals surface area contributed by atoms with Crippen LogP contribution in [-0.4, -0.2) is 37.5 Å². The first kappa shape index (κ1) is 19.1. The van der Waals surface area contributed by atoms with Crippen molar-refractivity contribution >= 4 is 5.69 Å². The molecule has 0 spiro atoms. The third-order valence-corrected chi connectivity index (χ3v) is 5.80. The lowest BCUT2D eigenvalue weighted by Gasteiger charge is -2.28. The maximum absolute atomic E-state index is 6.11. The molecule has 1 N–H and O–H groups in total. The van der Waals surface area contributed by atoms with Crippen LogP contribution in [0.25, 0.3) is 11.1 Å². The number of fused-ring (bicyclic) bond motifs is 1. The lowest BCUT2D eigenvalue weighted by molar-refractivity contribution is 0.0817. The monoisotopic (exact) mass is 382 g/mol. The van der Waals surface area contributed by atoms with E-state index in [0.29, 0.717) is 11.8 Å². The molecule has 1 fully saturated rings. The van der Waals surface area contributed by atoms with Crippen LogP contribution in [0.4, 0.5) is 5.69 Å². The van der Waals surface area contributed by atoms with Gasteiger partial charge in [0.15, 0.2) is 0 Å². The van der Waals surface area contributed by atoms with E-state index in [2.05, 4.69) is 41.5 Å². The van der Waals surface area contributed by atoms with Crippen LogP contribution in [0.1, 0.15) is 39.0 Å². The number of nitrogens with one attached hydrogen (secondary N) is 1. The summed E-state index contributed by atoms with van der Waals surface area (Å²) in [6, 6.07) is 10.3. The highest BCUT2D eigenvalue weighted by atomic mass is 16.5. The first-order valence-corrected chi connectivity index (χ1v) is 10.4. The molecule has 1 saturated carbocycles. The van der Waals surface area contributed by atoms with Crippen molar-refractivity contribution in [1.82, 2.24) is 4.98 Å². The average molecular weight is 383 g/mol. The van der Waals surface area contributed by atoms with Gasteiger partial charge in [0.2, 0.25) is 5.88 Å². The molecule has 1 aromatic heterocycles. The molecule has 4 rings (SSSR count). The molecule has 0 amide bonds. The number of methoxy groups -OCH3 is 1. The number of hydrogen-bond acceptors (Lipinski definition) is 5. The fraction of sp³-hybridized carbons (Fsp3) is 0.522. The van der Waals surface area contributed by atoms with Gasteiger partial charge in [0, 0.05) is 31.5 Å². The first-order valence-electron chi connectivity index (χ1n) is 10.4. The van der Waals surface area contributed by atoms with E-state index in [0.717, 1.165) is 55.0 Å². The number of rotatable bonds is 6. The van der Waals surface area contributed by atoms with E-state index in [1.807, 2.05) is 12.3 Å². The molecule has 0 saturated heterocycles. The Balaban J connectivity index is 1.39. The molecule has 5 heteroatoms. The summed E-state index contributed by atoms with van der Waals surface area (Å²) < 4.78 is 17.5. The Bertz CT molecular complexity index is 770. The topological polar surface area (TPSA) is 52.6 Å². The van der Waals surface area contributed by atoms with Crippen LogP contribution >= 0.6 is 0 Å². The molecule has 150 valence electrons. The van der Waals surface area contributed by atoms with Crippen LogP contribution in [-0.2, 0) is 4.74 Å². The summed E-state index contributed by atoms with van der Waals surface area (Å²) in [7, 11) is 1.78. The van der Waals surface area contributed by atoms with E-state index in [-0.39, 0.29) is 12.2 Å². The van der Waals surface area contributed by atoms with Gasteiger partial charge in [-0.2, -0.15) is 0 Å². The first-order chi connectivity index (χ1) is 13.7. The number of pyridine rings is 1. The van der Waals surface area contributed by atoms with Gasteiger partial charge in [0.05, 0.1) is 12.2 Å². The normalized spacial score (nSPS) is 24.0. The molecule has 2 heterocycles. The molecule has 0 bridgehead atoms. The molecule has 2 aliphatic rings. The van der Waals surface area contributed by atoms with Gasteiger partial charge in [-0.25, -0.2) is 4.98 Å². The highest BCUT2D eigenvalue weighted by molar-refractivity contribution is 5.71. The average Bonchev–Trinajstić information content (AvgIpc) is 2.75. The molecule has 1 aliphatic carbocycles. The van der Waals surface area contributed by atoms with Crippen LogP contribution in [0.2, 0.25) is 0 Å². The molecule has 28 heavy (non-hydrogen) atoms. The van der Waals surface area contributed by atoms with Crippen LogP contribution in [0.15, 0.2) is 36.5 Å². The molecule has 1 unspecified atom stereocenters. The third-order valence-electron chi connectivity index (χ3n) is 5.80. The fourth-order valence-electron chi connectivity index (χ4n) is 4.06. The van der Waals surface area contributed by atoms with Gasteiger partial charge < -0.3 is 19.5 Å². The number of nitrogens with zero attached hydrogens (tertiary/aromatic N) is 1. The van der Waals surface area contributed by atoms with E-state index in [4.69, 9.17) is 14.2 Å². The summed E-state index contributed by atoms with van der Waals surface area (Å²) in [6.45, 7) is 3.87. The third kappa shape index (κ3) is 4.41. The number of hydrogen-bond donors (Lipinski definition) is 1. The second kappa shape index (κ2) is 8.82. The van der Waals surface area contributed by atoms with Crippen molar-refractivity contribution in [3.05, 3.63) is 36.5 Å². The summed E-state index contributed by atoms with van der Waals surface area (Å²) in [6.07, 6.45) is 7.86. The fourth-order valence-corrected chi connectivity index (χ4v) is 4.06. The Morgan fingerprint density at radius 2 is 1.93 bits per heavy atom. The standard InChI is InChI=1S/C23H30N2O3/c1-3-19-14-24-21-10-6-17(12-22(21)27-19)18-7-11-23(25-13-18)28-20-8-4-16(5-9-20)15-26-2/h6-7,10-13,16,19-20,24H,3-5,8-9,14-15H2,1-2H3. The number of benzene rings is 1. The predicted octanol–water partition coefficient (Wildman–Crippen LogP) is 4.92. The van der Waals surface area contributed by atoms with Gasteiger partial charge in [0.25, 0.3) is 0 Å². The second-order valence-corrected chi connectivity index (χ2v) is 7.84. The summed E-state index contributed by atoms with van der Waals surface area (Å²) >= 11 is 0. The number of aromatic nitrogens is 1. The van der Waals surface area contributed by atoms with Crippen molar-refractivity contribution in [2.45, 2.75) is 51.2 Å². The van der Waals surface area contributed by atoms with Crippen molar-refractivity contribution in [2.75, 3.05) is 25.6 Å². The van der Waals surface area contributed by atoms with Crippen LogP contribution in [0, 0.1) is 5.92 Å². The lowest BCUT2D eigenvalue weighted by atomic mass is 9.88. The molecular weight excluding hydrogens is 352 g/mol. The Hall–Kier alpha value is -2.27. The zero-order valence-corrected chi connectivity index (χ0v) is 16.8. The molecule has 2 aromatic rings. The second-order valence-electron chi connectivity index (χ2n) is 7.84. The quantitative estimate of drug-likeness (QED) is 0.769. The lowest BCUT2D eigenvalue weighted by Crippen LogP contribution is -2.29. The van der Waals surface area contributed by atoms with Crippen molar-refractivity contribution in [2.24, 2.45) is 5.92 Å². The largest absolute Gasteiger partial charge is 0.486 e. The highest BCUT2D eigenvalue weighted by Gasteiger charge is 2.23. The maximum Gasteiger partial charge on any atom is 0.213 e. The van der Waals surface area contributed by atoms with Crippen LogP contribution in [0.3, 0.4) is 0 Å². The summed E-state index contributed by atoms with van der Waals surface area (Å²) in [5.41, 5.74) is 3.24. The minimum absolute atomic E-state index is 0.232. The van der Waals surface area contributed by atoms with Crippen LogP contribution < -0.4 is 14.8 Å². The molecule has 0 radical (unpaired) electrons. The SMILES string of the molecule is CCC1CNc2ccc(-c3ccc(OC4CCC(COC)CC4)nc3)cc2O1. The molecule has 1 aliphatic heterocycles. The Labute approximate surface area is 167 Å². The Morgan fingerprint density at radius 1 is 1.11 bits per heavy atom. The van der Waals surface area contributed by atoms with Gasteiger partial charge >= 0.3 is 0 Å². The van der Waals surface area contributed by atoms with Gasteiger partial charge in [-0.3, -0.25) is 0 Å². The van der Waals surface area contributed by atoms with Gasteiger partial charge in [-0.15, -0.1) is 0 Å². The van der Waals surface area contributed by atoms with Gasteiger partial charge in [-0.05, 0) is 61.8 Å². The number of ether oxygens (including phenoxy) is 3. The van der Waals surface area contributed by atoms with E-state index in [1.165, 1.54) is 12.8 Å². The van der Waals surface area contributed by atoms with Gasteiger partial charge in [0.1, 0.15) is 18.0 Å². The van der Waals surface area contributed by atoms with Crippen molar-refractivity contribution in [3.63, 3.8) is 0 Å². The predicted molar refractivity (Wildman–Crippen MR) is 111 cm³/mol. The number of anilines is 1. The van der Waals surface area contributed by atoms with Crippen molar-refractivity contribution < 1.29 is 14.2 Å². The van der Waals surface area contributed by atoms with Gasteiger partial charge in [-0.1, -0.05) is 13.0 Å². The summed E-state index contributed by atoms with van der Waals surface area (Å²) in [4.78, 5) is 4.54. The van der Waals surface area contributed by atoms with Crippen molar-refractivity contribution in [3.8, 4) is 22.8 Å². The molecule has 1 atom stereocenters. The van der Waals surface area contributed by atoms with Crippen LogP contribution in [0.5, 0.6) is 11.6 Å². The molecular formula is C23H30N2O3. The minimum atomic E-state index is 0.232. The smallest absolute Gasteiger partial charge is 0.213 e. The summed E-state index contributed by atoms with van der Waals surface area (Å²) in [5, 5.41) is 3.44.